The lowest BCUT2D eigenvalue weighted by atomic mass is 10.0. The molecule has 12 nitrogen and oxygen atoms in total. The second kappa shape index (κ2) is 24.3. The van der Waals surface area contributed by atoms with E-state index in [0.717, 1.165) is 17.9 Å². The van der Waals surface area contributed by atoms with E-state index in [9.17, 15) is 19.2 Å². The first-order valence-corrected chi connectivity index (χ1v) is 18.0. The number of rotatable bonds is 29. The fourth-order valence-electron chi connectivity index (χ4n) is 5.77. The Kier molecular flexibility index (Phi) is 20.0. The van der Waals surface area contributed by atoms with Crippen molar-refractivity contribution in [2.45, 2.75) is 96.4 Å². The molecule has 2 heterocycles. The van der Waals surface area contributed by atoms with Crippen molar-refractivity contribution in [3.05, 3.63) is 29.3 Å². The zero-order valence-corrected chi connectivity index (χ0v) is 28.9. The van der Waals surface area contributed by atoms with Crippen LogP contribution in [0, 0.1) is 0 Å². The summed E-state index contributed by atoms with van der Waals surface area (Å²) in [5.41, 5.74) is 0.953. The number of benzene rings is 1. The quantitative estimate of drug-likeness (QED) is 0.0890. The van der Waals surface area contributed by atoms with E-state index in [-0.39, 0.29) is 24.0 Å². The van der Waals surface area contributed by atoms with Gasteiger partial charge < -0.3 is 29.0 Å². The van der Waals surface area contributed by atoms with E-state index in [4.69, 9.17) is 23.7 Å². The van der Waals surface area contributed by atoms with Gasteiger partial charge in [0.25, 0.3) is 11.8 Å². The summed E-state index contributed by atoms with van der Waals surface area (Å²) in [6.07, 6.45) is 14.9. The maximum absolute atomic E-state index is 13.1. The summed E-state index contributed by atoms with van der Waals surface area (Å²) >= 11 is 0. The van der Waals surface area contributed by atoms with Crippen molar-refractivity contribution in [3.63, 3.8) is 0 Å². The summed E-state index contributed by atoms with van der Waals surface area (Å²) in [5.74, 6) is -2.12. The van der Waals surface area contributed by atoms with Gasteiger partial charge >= 0.3 is 0 Å². The lowest BCUT2D eigenvalue weighted by molar-refractivity contribution is -0.136. The number of imide groups is 2. The third kappa shape index (κ3) is 14.3. The molecule has 270 valence electrons. The van der Waals surface area contributed by atoms with E-state index < -0.39 is 29.7 Å². The Bertz CT molecular complexity index is 1120. The zero-order valence-electron chi connectivity index (χ0n) is 28.9. The first-order chi connectivity index (χ1) is 23.5. The first-order valence-electron chi connectivity index (χ1n) is 18.0. The molecule has 12 heteroatoms. The van der Waals surface area contributed by atoms with Crippen molar-refractivity contribution >= 4 is 29.3 Å². The fraction of sp³-hybridized carbons (Fsp3) is 0.722. The molecular weight excluding hydrogens is 618 g/mol. The molecule has 1 aromatic carbocycles. The molecule has 48 heavy (non-hydrogen) atoms. The molecule has 1 atom stereocenters. The zero-order chi connectivity index (χ0) is 34.2. The highest BCUT2D eigenvalue weighted by Gasteiger charge is 2.45. The third-order valence-corrected chi connectivity index (χ3v) is 8.41. The van der Waals surface area contributed by atoms with Gasteiger partial charge in [-0.1, -0.05) is 77.2 Å². The van der Waals surface area contributed by atoms with Gasteiger partial charge in [0.2, 0.25) is 11.8 Å². The van der Waals surface area contributed by atoms with Crippen LogP contribution in [0.1, 0.15) is 111 Å². The molecule has 0 spiro atoms. The van der Waals surface area contributed by atoms with Gasteiger partial charge in [-0.05, 0) is 25.0 Å². The van der Waals surface area contributed by atoms with Crippen LogP contribution in [0.25, 0.3) is 0 Å². The molecule has 2 N–H and O–H groups in total. The minimum absolute atomic E-state index is 0.0771. The number of piperidine rings is 1. The summed E-state index contributed by atoms with van der Waals surface area (Å²) in [4.78, 5) is 50.8. The van der Waals surface area contributed by atoms with Gasteiger partial charge in [0.15, 0.2) is 0 Å². The predicted octanol–water partition coefficient (Wildman–Crippen LogP) is 4.89. The van der Waals surface area contributed by atoms with Crippen LogP contribution in [0.3, 0.4) is 0 Å². The fourth-order valence-corrected chi connectivity index (χ4v) is 5.77. The number of carbonyl (C=O) groups is 4. The average molecular weight is 676 g/mol. The lowest BCUT2D eigenvalue weighted by Crippen LogP contribution is -2.54. The standard InChI is InChI=1S/C36H57N3O9/c1-2-3-4-5-6-7-8-9-10-11-12-19-44-21-23-46-25-27-48-28-26-47-24-22-45-20-18-37-30-15-13-14-29-33(30)36(43)39(35(29)42)31-16-17-32(40)38-34(31)41/h13-15,31,37H,2-12,16-28H2,1H3,(H,38,40,41). The van der Waals surface area contributed by atoms with Crippen LogP contribution in [0.2, 0.25) is 0 Å². The molecule has 1 saturated heterocycles. The molecule has 0 aliphatic carbocycles. The van der Waals surface area contributed by atoms with Gasteiger partial charge in [0.1, 0.15) is 6.04 Å². The summed E-state index contributed by atoms with van der Waals surface area (Å²) < 4.78 is 27.9. The van der Waals surface area contributed by atoms with Gasteiger partial charge in [-0.2, -0.15) is 0 Å². The van der Waals surface area contributed by atoms with Crippen molar-refractivity contribution in [3.8, 4) is 0 Å². The van der Waals surface area contributed by atoms with Crippen molar-refractivity contribution in [1.29, 1.82) is 0 Å². The first kappa shape index (κ1) is 39.5. The molecule has 3 rings (SSSR count). The van der Waals surface area contributed by atoms with Crippen LogP contribution < -0.4 is 10.6 Å². The van der Waals surface area contributed by atoms with E-state index in [0.29, 0.717) is 71.7 Å². The van der Waals surface area contributed by atoms with Crippen LogP contribution in [-0.4, -0.2) is 107 Å². The minimum atomic E-state index is -0.996. The molecule has 2 aliphatic rings. The Hall–Kier alpha value is -2.90. The second-order valence-corrected chi connectivity index (χ2v) is 12.2. The Morgan fingerprint density at radius 3 is 1.75 bits per heavy atom. The van der Waals surface area contributed by atoms with Crippen LogP contribution in [0.4, 0.5) is 5.69 Å². The van der Waals surface area contributed by atoms with Gasteiger partial charge in [0, 0.05) is 25.3 Å². The van der Waals surface area contributed by atoms with Crippen LogP contribution >= 0.6 is 0 Å². The van der Waals surface area contributed by atoms with Crippen LogP contribution in [0.5, 0.6) is 0 Å². The number of carbonyl (C=O) groups excluding carboxylic acids is 4. The topological polar surface area (TPSA) is 142 Å². The lowest BCUT2D eigenvalue weighted by Gasteiger charge is -2.27. The molecule has 0 aromatic heterocycles. The average Bonchev–Trinajstić information content (AvgIpc) is 3.33. The number of unbranched alkanes of at least 4 members (excludes halogenated alkanes) is 10. The summed E-state index contributed by atoms with van der Waals surface area (Å²) in [6, 6.07) is 3.95. The van der Waals surface area contributed by atoms with E-state index >= 15 is 0 Å². The summed E-state index contributed by atoms with van der Waals surface area (Å²) in [7, 11) is 0. The summed E-state index contributed by atoms with van der Waals surface area (Å²) in [5, 5.41) is 5.35. The molecule has 2 aliphatic heterocycles. The van der Waals surface area contributed by atoms with Crippen LogP contribution in [-0.2, 0) is 33.3 Å². The maximum atomic E-state index is 13.1. The Morgan fingerprint density at radius 1 is 0.667 bits per heavy atom. The molecule has 1 unspecified atom stereocenters. The highest BCUT2D eigenvalue weighted by molar-refractivity contribution is 6.25. The largest absolute Gasteiger partial charge is 0.382 e. The highest BCUT2D eigenvalue weighted by Crippen LogP contribution is 2.32. The van der Waals surface area contributed by atoms with Crippen molar-refractivity contribution in [1.82, 2.24) is 10.2 Å². The van der Waals surface area contributed by atoms with Crippen molar-refractivity contribution in [2.75, 3.05) is 77.9 Å². The van der Waals surface area contributed by atoms with Gasteiger partial charge in [0.05, 0.1) is 70.6 Å². The predicted molar refractivity (Wildman–Crippen MR) is 182 cm³/mol. The minimum Gasteiger partial charge on any atom is -0.382 e. The molecule has 0 saturated carbocycles. The van der Waals surface area contributed by atoms with Gasteiger partial charge in [-0.25, -0.2) is 0 Å². The third-order valence-electron chi connectivity index (χ3n) is 8.41. The monoisotopic (exact) mass is 675 g/mol. The molecule has 0 bridgehead atoms. The number of ether oxygens (including phenoxy) is 5. The Morgan fingerprint density at radius 2 is 1.19 bits per heavy atom. The number of anilines is 1. The summed E-state index contributed by atoms with van der Waals surface area (Å²) in [6.45, 7) is 7.82. The molecule has 1 aromatic rings. The maximum Gasteiger partial charge on any atom is 0.264 e. The van der Waals surface area contributed by atoms with E-state index in [1.165, 1.54) is 64.2 Å². The van der Waals surface area contributed by atoms with E-state index in [2.05, 4.69) is 17.6 Å². The number of hydrogen-bond acceptors (Lipinski definition) is 10. The van der Waals surface area contributed by atoms with Crippen LogP contribution in [0.15, 0.2) is 18.2 Å². The Balaban J connectivity index is 1.08. The molecule has 1 fully saturated rings. The van der Waals surface area contributed by atoms with E-state index in [1.54, 1.807) is 18.2 Å². The second-order valence-electron chi connectivity index (χ2n) is 12.2. The number of amides is 4. The van der Waals surface area contributed by atoms with Gasteiger partial charge in [-0.3, -0.25) is 29.4 Å². The molecular formula is C36H57N3O9. The number of nitrogens with zero attached hydrogens (tertiary/aromatic N) is 1. The highest BCUT2D eigenvalue weighted by atomic mass is 16.6. The molecule has 0 radical (unpaired) electrons. The number of hydrogen-bond donors (Lipinski definition) is 2. The van der Waals surface area contributed by atoms with E-state index in [1.807, 2.05) is 0 Å². The SMILES string of the molecule is CCCCCCCCCCCCCOCCOCCOCCOCCOCCNc1cccc2c1C(=O)N(C1CCC(=O)NC1=O)C2=O. The number of fused-ring (bicyclic) bond motifs is 1. The Labute approximate surface area is 285 Å². The van der Waals surface area contributed by atoms with Crippen molar-refractivity contribution < 1.29 is 42.9 Å². The number of nitrogens with one attached hydrogen (secondary N) is 2. The van der Waals surface area contributed by atoms with Crippen molar-refractivity contribution in [2.24, 2.45) is 0 Å². The molecule has 4 amide bonds. The smallest absolute Gasteiger partial charge is 0.264 e. The normalized spacial score (nSPS) is 16.1. The van der Waals surface area contributed by atoms with Gasteiger partial charge in [-0.15, -0.1) is 0 Å².